The molecular formula is C21H31N5O. The predicted molar refractivity (Wildman–Crippen MR) is 107 cm³/mol. The minimum Gasteiger partial charge on any atom is -0.349 e. The van der Waals surface area contributed by atoms with Crippen molar-refractivity contribution in [2.45, 2.75) is 45.1 Å². The molecule has 1 aliphatic carbocycles. The monoisotopic (exact) mass is 369 g/mol. The van der Waals surface area contributed by atoms with E-state index < -0.39 is 0 Å². The second-order valence-corrected chi connectivity index (χ2v) is 8.47. The van der Waals surface area contributed by atoms with Crippen LogP contribution in [0.5, 0.6) is 0 Å². The normalized spacial score (nSPS) is 19.5. The number of hydrogen-bond donors (Lipinski definition) is 1. The number of carbonyl (C=O) groups is 1. The van der Waals surface area contributed by atoms with Gasteiger partial charge in [-0.3, -0.25) is 9.69 Å². The number of fused-ring (bicyclic) bond motifs is 1. The number of amides is 1. The minimum atomic E-state index is -0.0651. The predicted octanol–water partition coefficient (Wildman–Crippen LogP) is 2.36. The van der Waals surface area contributed by atoms with Crippen LogP contribution in [0.15, 0.2) is 24.4 Å². The van der Waals surface area contributed by atoms with Crippen LogP contribution in [0, 0.1) is 0 Å². The molecular weight excluding hydrogens is 338 g/mol. The molecule has 2 fully saturated rings. The fourth-order valence-corrected chi connectivity index (χ4v) is 4.02. The number of carbonyl (C=O) groups excluding carboxylic acids is 1. The second-order valence-electron chi connectivity index (χ2n) is 8.47. The van der Waals surface area contributed by atoms with Crippen molar-refractivity contribution in [2.75, 3.05) is 39.3 Å². The van der Waals surface area contributed by atoms with E-state index in [2.05, 4.69) is 40.3 Å². The molecule has 1 N–H and O–H groups in total. The van der Waals surface area contributed by atoms with E-state index in [9.17, 15) is 4.79 Å². The van der Waals surface area contributed by atoms with Crippen LogP contribution >= 0.6 is 0 Å². The van der Waals surface area contributed by atoms with Crippen LogP contribution in [0.4, 0.5) is 0 Å². The molecule has 1 saturated heterocycles. The lowest BCUT2D eigenvalue weighted by Crippen LogP contribution is -2.58. The van der Waals surface area contributed by atoms with Gasteiger partial charge < -0.3 is 14.6 Å². The van der Waals surface area contributed by atoms with Gasteiger partial charge in [0.1, 0.15) is 5.82 Å². The standard InChI is InChI=1S/C21H31N5O/c1-4-24-11-13-25(14-12-24)21(2,3)15-22-20(27)18-17-7-5-6-10-26(17)19(23-18)16-8-9-16/h5-7,10,16H,4,8-9,11-15H2,1-3H3,(H,22,27). The molecule has 1 amide bonds. The zero-order valence-corrected chi connectivity index (χ0v) is 16.7. The summed E-state index contributed by atoms with van der Waals surface area (Å²) in [5, 5.41) is 3.16. The van der Waals surface area contributed by atoms with Crippen molar-refractivity contribution >= 4 is 11.4 Å². The van der Waals surface area contributed by atoms with Gasteiger partial charge in [0.15, 0.2) is 5.69 Å². The summed E-state index contributed by atoms with van der Waals surface area (Å²) in [6.45, 7) is 12.7. The molecule has 2 aromatic heterocycles. The fraction of sp³-hybridized carbons (Fsp3) is 0.619. The first kappa shape index (κ1) is 18.4. The van der Waals surface area contributed by atoms with Crippen LogP contribution in [-0.4, -0.2) is 69.9 Å². The molecule has 0 unspecified atom stereocenters. The van der Waals surface area contributed by atoms with E-state index in [-0.39, 0.29) is 11.4 Å². The molecule has 2 aromatic rings. The van der Waals surface area contributed by atoms with Crippen LogP contribution in [-0.2, 0) is 0 Å². The van der Waals surface area contributed by atoms with Gasteiger partial charge in [0.25, 0.3) is 5.91 Å². The molecule has 2 aliphatic rings. The molecule has 0 radical (unpaired) electrons. The van der Waals surface area contributed by atoms with Gasteiger partial charge in [0.05, 0.1) is 5.52 Å². The highest BCUT2D eigenvalue weighted by Crippen LogP contribution is 2.40. The van der Waals surface area contributed by atoms with Gasteiger partial charge in [-0.1, -0.05) is 13.0 Å². The van der Waals surface area contributed by atoms with Crippen molar-refractivity contribution in [3.05, 3.63) is 35.9 Å². The maximum atomic E-state index is 12.9. The average Bonchev–Trinajstić information content (AvgIpc) is 3.46. The summed E-state index contributed by atoms with van der Waals surface area (Å²) in [4.78, 5) is 22.6. The average molecular weight is 370 g/mol. The van der Waals surface area contributed by atoms with E-state index in [1.807, 2.05) is 24.4 Å². The first-order valence-electron chi connectivity index (χ1n) is 10.2. The Balaban J connectivity index is 1.44. The summed E-state index contributed by atoms with van der Waals surface area (Å²) in [7, 11) is 0. The molecule has 0 bridgehead atoms. The van der Waals surface area contributed by atoms with Gasteiger partial charge in [-0.2, -0.15) is 0 Å². The number of nitrogens with one attached hydrogen (secondary N) is 1. The maximum Gasteiger partial charge on any atom is 0.272 e. The van der Waals surface area contributed by atoms with E-state index in [0.29, 0.717) is 18.2 Å². The summed E-state index contributed by atoms with van der Waals surface area (Å²) in [5.74, 6) is 1.48. The summed E-state index contributed by atoms with van der Waals surface area (Å²) in [6.07, 6.45) is 4.36. The van der Waals surface area contributed by atoms with Crippen LogP contribution in [0.2, 0.25) is 0 Å². The van der Waals surface area contributed by atoms with Crippen molar-refractivity contribution in [3.8, 4) is 0 Å². The summed E-state index contributed by atoms with van der Waals surface area (Å²) in [5.41, 5.74) is 1.40. The Kier molecular flexibility index (Phi) is 4.95. The van der Waals surface area contributed by atoms with Gasteiger partial charge >= 0.3 is 0 Å². The maximum absolute atomic E-state index is 12.9. The van der Waals surface area contributed by atoms with Crippen LogP contribution in [0.1, 0.15) is 55.8 Å². The van der Waals surface area contributed by atoms with Crippen molar-refractivity contribution in [1.29, 1.82) is 0 Å². The summed E-state index contributed by atoms with van der Waals surface area (Å²) in [6, 6.07) is 5.96. The third-order valence-corrected chi connectivity index (χ3v) is 6.09. The highest BCUT2D eigenvalue weighted by molar-refractivity contribution is 5.99. The first-order valence-corrected chi connectivity index (χ1v) is 10.2. The van der Waals surface area contributed by atoms with Gasteiger partial charge in [-0.15, -0.1) is 0 Å². The Morgan fingerprint density at radius 1 is 1.22 bits per heavy atom. The first-order chi connectivity index (χ1) is 13.0. The SMILES string of the molecule is CCN1CCN(C(C)(C)CNC(=O)c2nc(C3CC3)n3ccccc23)CC1. The zero-order valence-electron chi connectivity index (χ0n) is 16.7. The number of pyridine rings is 1. The quantitative estimate of drug-likeness (QED) is 0.849. The molecule has 1 aliphatic heterocycles. The second kappa shape index (κ2) is 7.24. The Morgan fingerprint density at radius 3 is 2.63 bits per heavy atom. The summed E-state index contributed by atoms with van der Waals surface area (Å²) >= 11 is 0. The van der Waals surface area contributed by atoms with Crippen molar-refractivity contribution < 1.29 is 4.79 Å². The number of rotatable bonds is 6. The summed E-state index contributed by atoms with van der Waals surface area (Å²) < 4.78 is 2.09. The lowest BCUT2D eigenvalue weighted by molar-refractivity contribution is 0.0521. The highest BCUT2D eigenvalue weighted by Gasteiger charge is 2.32. The lowest BCUT2D eigenvalue weighted by atomic mass is 10.0. The topological polar surface area (TPSA) is 52.9 Å². The Hall–Kier alpha value is -1.92. The smallest absolute Gasteiger partial charge is 0.272 e. The van der Waals surface area contributed by atoms with Crippen LogP contribution in [0.25, 0.3) is 5.52 Å². The Bertz CT molecular complexity index is 815. The van der Waals surface area contributed by atoms with Gasteiger partial charge in [0.2, 0.25) is 0 Å². The number of piperazine rings is 1. The lowest BCUT2D eigenvalue weighted by Gasteiger charge is -2.44. The number of likely N-dealkylation sites (N-methyl/N-ethyl adjacent to an activating group) is 1. The van der Waals surface area contributed by atoms with Gasteiger partial charge in [0, 0.05) is 50.4 Å². The molecule has 1 saturated carbocycles. The number of aromatic nitrogens is 2. The molecule has 0 spiro atoms. The number of imidazole rings is 1. The van der Waals surface area contributed by atoms with E-state index in [0.717, 1.165) is 44.1 Å². The van der Waals surface area contributed by atoms with E-state index in [1.54, 1.807) is 0 Å². The molecule has 4 rings (SSSR count). The van der Waals surface area contributed by atoms with Crippen molar-refractivity contribution in [2.24, 2.45) is 0 Å². The van der Waals surface area contributed by atoms with E-state index in [1.165, 1.54) is 12.8 Å². The largest absolute Gasteiger partial charge is 0.349 e. The zero-order chi connectivity index (χ0) is 19.0. The van der Waals surface area contributed by atoms with Crippen LogP contribution in [0.3, 0.4) is 0 Å². The van der Waals surface area contributed by atoms with Gasteiger partial charge in [-0.05, 0) is 45.4 Å². The number of nitrogens with zero attached hydrogens (tertiary/aromatic N) is 4. The minimum absolute atomic E-state index is 0.0640. The molecule has 3 heterocycles. The van der Waals surface area contributed by atoms with Crippen molar-refractivity contribution in [1.82, 2.24) is 24.5 Å². The molecule has 0 aromatic carbocycles. The molecule has 27 heavy (non-hydrogen) atoms. The van der Waals surface area contributed by atoms with Gasteiger partial charge in [-0.25, -0.2) is 4.98 Å². The molecule has 0 atom stereocenters. The van der Waals surface area contributed by atoms with E-state index in [4.69, 9.17) is 4.98 Å². The third kappa shape index (κ3) is 3.73. The van der Waals surface area contributed by atoms with E-state index >= 15 is 0 Å². The van der Waals surface area contributed by atoms with Crippen LogP contribution < -0.4 is 5.32 Å². The molecule has 6 nitrogen and oxygen atoms in total. The Morgan fingerprint density at radius 2 is 1.96 bits per heavy atom. The fourth-order valence-electron chi connectivity index (χ4n) is 4.02. The highest BCUT2D eigenvalue weighted by atomic mass is 16.1. The number of hydrogen-bond acceptors (Lipinski definition) is 4. The Labute approximate surface area is 161 Å². The third-order valence-electron chi connectivity index (χ3n) is 6.09. The molecule has 6 heteroatoms. The van der Waals surface area contributed by atoms with Crippen molar-refractivity contribution in [3.63, 3.8) is 0 Å². The molecule has 146 valence electrons.